The van der Waals surface area contributed by atoms with Gasteiger partial charge in [0, 0.05) is 30.7 Å². The fourth-order valence-electron chi connectivity index (χ4n) is 2.69. The van der Waals surface area contributed by atoms with Gasteiger partial charge in [0.15, 0.2) is 5.78 Å². The molecule has 1 atom stereocenters. The Kier molecular flexibility index (Phi) is 8.07. The van der Waals surface area contributed by atoms with Gasteiger partial charge in [-0.1, -0.05) is 51.1 Å². The maximum atomic E-state index is 12.8. The summed E-state index contributed by atoms with van der Waals surface area (Å²) in [5.74, 6) is -0.170. The number of hydrogen-bond donors (Lipinski definition) is 1. The number of nitrogens with one attached hydrogen (secondary N) is 1. The van der Waals surface area contributed by atoms with Crippen molar-refractivity contribution in [2.75, 3.05) is 0 Å². The number of hydrogen-bond acceptors (Lipinski definition) is 5. The van der Waals surface area contributed by atoms with Crippen LogP contribution in [0.3, 0.4) is 0 Å². The largest absolute Gasteiger partial charge is 0.445 e. The molecule has 6 nitrogen and oxygen atoms in total. The molecular weight excluding hydrogens is 368 g/mol. The molecule has 1 aromatic carbocycles. The van der Waals surface area contributed by atoms with E-state index < -0.39 is 17.6 Å². The Labute approximate surface area is 171 Å². The second-order valence-corrected chi connectivity index (χ2v) is 7.96. The maximum Gasteiger partial charge on any atom is 0.408 e. The van der Waals surface area contributed by atoms with Crippen LogP contribution in [0.4, 0.5) is 4.79 Å². The molecule has 2 rings (SSSR count). The number of aromatic nitrogens is 1. The van der Waals surface area contributed by atoms with E-state index in [1.807, 2.05) is 51.1 Å². The molecule has 154 valence electrons. The Morgan fingerprint density at radius 1 is 0.966 bits per heavy atom. The van der Waals surface area contributed by atoms with E-state index in [2.05, 4.69) is 10.3 Å². The second kappa shape index (κ2) is 10.5. The maximum absolute atomic E-state index is 12.8. The van der Waals surface area contributed by atoms with Gasteiger partial charge in [-0.25, -0.2) is 4.79 Å². The van der Waals surface area contributed by atoms with Crippen molar-refractivity contribution in [1.82, 2.24) is 10.3 Å². The van der Waals surface area contributed by atoms with Crippen LogP contribution >= 0.6 is 0 Å². The van der Waals surface area contributed by atoms with Crippen LogP contribution in [0, 0.1) is 5.41 Å². The summed E-state index contributed by atoms with van der Waals surface area (Å²) < 4.78 is 5.23. The average Bonchev–Trinajstić information content (AvgIpc) is 2.70. The topological polar surface area (TPSA) is 85.4 Å². The van der Waals surface area contributed by atoms with Crippen molar-refractivity contribution < 1.29 is 19.1 Å². The van der Waals surface area contributed by atoms with Crippen LogP contribution in [0.25, 0.3) is 0 Å². The second-order valence-electron chi connectivity index (χ2n) is 7.96. The third kappa shape index (κ3) is 7.86. The van der Waals surface area contributed by atoms with Gasteiger partial charge in [0.2, 0.25) is 0 Å². The summed E-state index contributed by atoms with van der Waals surface area (Å²) in [7, 11) is 0. The minimum Gasteiger partial charge on any atom is -0.445 e. The highest BCUT2D eigenvalue weighted by molar-refractivity contribution is 5.92. The summed E-state index contributed by atoms with van der Waals surface area (Å²) in [6.45, 7) is 5.57. The summed E-state index contributed by atoms with van der Waals surface area (Å²) in [6.07, 6.45) is 3.14. The van der Waals surface area contributed by atoms with Crippen molar-refractivity contribution in [3.8, 4) is 0 Å². The van der Waals surface area contributed by atoms with Crippen molar-refractivity contribution in [2.24, 2.45) is 5.41 Å². The Bertz CT molecular complexity index is 814. The summed E-state index contributed by atoms with van der Waals surface area (Å²) in [5, 5.41) is 2.66. The number of pyridine rings is 1. The van der Waals surface area contributed by atoms with E-state index in [4.69, 9.17) is 4.74 Å². The zero-order valence-corrected chi connectivity index (χ0v) is 17.2. The number of ketones is 2. The highest BCUT2D eigenvalue weighted by Crippen LogP contribution is 2.18. The van der Waals surface area contributed by atoms with Crippen molar-refractivity contribution in [3.05, 3.63) is 66.0 Å². The predicted octanol–water partition coefficient (Wildman–Crippen LogP) is 3.88. The molecule has 0 aliphatic carbocycles. The smallest absolute Gasteiger partial charge is 0.408 e. The molecule has 0 fully saturated rings. The molecule has 0 saturated carbocycles. The minimum absolute atomic E-state index is 0.0181. The molecule has 0 bridgehead atoms. The van der Waals surface area contributed by atoms with Gasteiger partial charge in [0.05, 0.1) is 6.04 Å². The van der Waals surface area contributed by atoms with Gasteiger partial charge < -0.3 is 10.1 Å². The van der Waals surface area contributed by atoms with Crippen LogP contribution in [0.2, 0.25) is 0 Å². The van der Waals surface area contributed by atoms with Crippen molar-refractivity contribution in [3.63, 3.8) is 0 Å². The van der Waals surface area contributed by atoms with Crippen molar-refractivity contribution in [1.29, 1.82) is 0 Å². The van der Waals surface area contributed by atoms with Crippen LogP contribution in [-0.4, -0.2) is 28.7 Å². The highest BCUT2D eigenvalue weighted by atomic mass is 16.5. The Morgan fingerprint density at radius 3 is 2.24 bits per heavy atom. The normalized spacial score (nSPS) is 12.1. The molecule has 0 radical (unpaired) electrons. The summed E-state index contributed by atoms with van der Waals surface area (Å²) in [6, 6.07) is 12.2. The molecule has 1 N–H and O–H groups in total. The lowest BCUT2D eigenvalue weighted by Gasteiger charge is -2.20. The highest BCUT2D eigenvalue weighted by Gasteiger charge is 2.26. The Hall–Kier alpha value is -3.02. The number of Topliss-reactive ketones (excluding diaryl/α,β-unsaturated/α-hetero) is 2. The van der Waals surface area contributed by atoms with Crippen LogP contribution in [0.15, 0.2) is 54.9 Å². The molecular formula is C23H28N2O4. The fraction of sp³-hybridized carbons (Fsp3) is 0.391. The van der Waals surface area contributed by atoms with Gasteiger partial charge in [-0.2, -0.15) is 0 Å². The lowest BCUT2D eigenvalue weighted by Crippen LogP contribution is -2.43. The molecule has 29 heavy (non-hydrogen) atoms. The first-order valence-electron chi connectivity index (χ1n) is 9.68. The third-order valence-corrected chi connectivity index (χ3v) is 4.52. The fourth-order valence-corrected chi connectivity index (χ4v) is 2.69. The number of carbonyl (C=O) groups excluding carboxylic acids is 3. The first kappa shape index (κ1) is 22.3. The SMILES string of the molecule is CC(C)(C)C(=O)CCC(=O)[C@H](Cc1ccccc1)NC(=O)OCc1ccncc1. The van der Waals surface area contributed by atoms with Gasteiger partial charge in [-0.05, 0) is 29.7 Å². The van der Waals surface area contributed by atoms with E-state index in [-0.39, 0.29) is 31.0 Å². The number of rotatable bonds is 9. The lowest BCUT2D eigenvalue weighted by atomic mass is 9.87. The van der Waals surface area contributed by atoms with Crippen LogP contribution in [0.1, 0.15) is 44.7 Å². The molecule has 0 unspecified atom stereocenters. The molecule has 2 aromatic rings. The van der Waals surface area contributed by atoms with Gasteiger partial charge in [-0.3, -0.25) is 14.6 Å². The number of amides is 1. The Balaban J connectivity index is 1.99. The van der Waals surface area contributed by atoms with Crippen LogP contribution in [0.5, 0.6) is 0 Å². The first-order chi connectivity index (χ1) is 13.8. The average molecular weight is 396 g/mol. The summed E-state index contributed by atoms with van der Waals surface area (Å²) in [5.41, 5.74) is 1.23. The number of ether oxygens (including phenoxy) is 1. The molecule has 1 amide bonds. The molecule has 6 heteroatoms. The first-order valence-corrected chi connectivity index (χ1v) is 9.68. The number of alkyl carbamates (subject to hydrolysis) is 1. The standard InChI is InChI=1S/C23H28N2O4/c1-23(2,3)21(27)10-9-20(26)19(15-17-7-5-4-6-8-17)25-22(28)29-16-18-11-13-24-14-12-18/h4-8,11-14,19H,9-10,15-16H2,1-3H3,(H,25,28)/t19-/m0/s1. The van der Waals surface area contributed by atoms with E-state index >= 15 is 0 Å². The summed E-state index contributed by atoms with van der Waals surface area (Å²) >= 11 is 0. The van der Waals surface area contributed by atoms with Gasteiger partial charge in [0.25, 0.3) is 0 Å². The third-order valence-electron chi connectivity index (χ3n) is 4.52. The van der Waals surface area contributed by atoms with E-state index in [1.165, 1.54) is 0 Å². The molecule has 0 saturated heterocycles. The van der Waals surface area contributed by atoms with Gasteiger partial charge in [0.1, 0.15) is 12.4 Å². The van der Waals surface area contributed by atoms with Crippen molar-refractivity contribution >= 4 is 17.7 Å². The minimum atomic E-state index is -0.755. The van der Waals surface area contributed by atoms with Gasteiger partial charge >= 0.3 is 6.09 Å². The van der Waals surface area contributed by atoms with E-state index in [1.54, 1.807) is 24.5 Å². The van der Waals surface area contributed by atoms with Crippen LogP contribution in [-0.2, 0) is 27.4 Å². The summed E-state index contributed by atoms with van der Waals surface area (Å²) in [4.78, 5) is 41.1. The predicted molar refractivity (Wildman–Crippen MR) is 110 cm³/mol. The van der Waals surface area contributed by atoms with E-state index in [9.17, 15) is 14.4 Å². The van der Waals surface area contributed by atoms with E-state index in [0.29, 0.717) is 6.42 Å². The van der Waals surface area contributed by atoms with Crippen molar-refractivity contribution in [2.45, 2.75) is 52.7 Å². The zero-order chi connectivity index (χ0) is 21.3. The number of nitrogens with zero attached hydrogens (tertiary/aromatic N) is 1. The molecule has 0 aliphatic rings. The molecule has 1 heterocycles. The monoisotopic (exact) mass is 396 g/mol. The quantitative estimate of drug-likeness (QED) is 0.695. The Morgan fingerprint density at radius 2 is 1.62 bits per heavy atom. The molecule has 0 aliphatic heterocycles. The number of benzene rings is 1. The lowest BCUT2D eigenvalue weighted by molar-refractivity contribution is -0.129. The zero-order valence-electron chi connectivity index (χ0n) is 17.2. The van der Waals surface area contributed by atoms with Gasteiger partial charge in [-0.15, -0.1) is 0 Å². The molecule has 0 spiro atoms. The number of carbonyl (C=O) groups is 3. The molecule has 1 aromatic heterocycles. The van der Waals surface area contributed by atoms with E-state index in [0.717, 1.165) is 11.1 Å². The van der Waals surface area contributed by atoms with Crippen LogP contribution < -0.4 is 5.32 Å².